The predicted molar refractivity (Wildman–Crippen MR) is 133 cm³/mol. The van der Waals surface area contributed by atoms with Crippen LogP contribution in [0, 0.1) is 0 Å². The minimum atomic E-state index is -0.148. The first-order valence-corrected chi connectivity index (χ1v) is 11.9. The van der Waals surface area contributed by atoms with Crippen molar-refractivity contribution in [2.45, 2.75) is 18.5 Å². The number of benzene rings is 2. The maximum atomic E-state index is 12.7. The second-order valence-electron chi connectivity index (χ2n) is 7.49. The largest absolute Gasteiger partial charge is 0.497 e. The van der Waals surface area contributed by atoms with Crippen molar-refractivity contribution in [1.29, 1.82) is 0 Å². The summed E-state index contributed by atoms with van der Waals surface area (Å²) in [5.74, 6) is 2.23. The molecule has 4 aromatic rings. The lowest BCUT2D eigenvalue weighted by Crippen LogP contribution is -2.15. The maximum Gasteiger partial charge on any atom is 0.234 e. The van der Waals surface area contributed by atoms with E-state index in [0.717, 1.165) is 23.0 Å². The normalized spacial score (nSPS) is 10.8. The van der Waals surface area contributed by atoms with E-state index in [2.05, 4.69) is 26.1 Å². The number of methoxy groups -OCH3 is 1. The predicted octanol–water partition coefficient (Wildman–Crippen LogP) is 4.33. The molecule has 176 valence electrons. The van der Waals surface area contributed by atoms with Gasteiger partial charge in [0.2, 0.25) is 5.91 Å². The van der Waals surface area contributed by atoms with Crippen LogP contribution in [0.2, 0.25) is 0 Å². The number of nitrogens with zero attached hydrogens (tertiary/aromatic N) is 4. The van der Waals surface area contributed by atoms with Crippen molar-refractivity contribution >= 4 is 23.4 Å². The van der Waals surface area contributed by atoms with Crippen LogP contribution in [0.5, 0.6) is 11.5 Å². The lowest BCUT2D eigenvalue weighted by molar-refractivity contribution is -0.113. The van der Waals surface area contributed by atoms with E-state index in [9.17, 15) is 4.79 Å². The zero-order valence-corrected chi connectivity index (χ0v) is 20.2. The molecule has 0 saturated heterocycles. The van der Waals surface area contributed by atoms with Gasteiger partial charge in [0, 0.05) is 31.0 Å². The smallest absolute Gasteiger partial charge is 0.234 e. The molecule has 0 unspecified atom stereocenters. The second-order valence-corrected chi connectivity index (χ2v) is 8.43. The van der Waals surface area contributed by atoms with E-state index in [-0.39, 0.29) is 11.7 Å². The van der Waals surface area contributed by atoms with Crippen LogP contribution in [-0.2, 0) is 18.3 Å². The lowest BCUT2D eigenvalue weighted by atomic mass is 10.2. The fraction of sp³-hybridized carbons (Fsp3) is 0.240. The van der Waals surface area contributed by atoms with Gasteiger partial charge < -0.3 is 19.4 Å². The van der Waals surface area contributed by atoms with Gasteiger partial charge in [-0.2, -0.15) is 0 Å². The number of thioether (sulfide) groups is 1. The molecule has 2 aromatic carbocycles. The first-order valence-electron chi connectivity index (χ1n) is 10.9. The second kappa shape index (κ2) is 10.9. The SMILES string of the molecule is CCOc1ccccc1NC(=O)CSc1nnc(Cc2cccn2C)n1-c1ccc(OC)cc1. The summed E-state index contributed by atoms with van der Waals surface area (Å²) in [6, 6.07) is 19.2. The number of aromatic nitrogens is 4. The van der Waals surface area contributed by atoms with Crippen LogP contribution in [-0.4, -0.2) is 44.7 Å². The highest BCUT2D eigenvalue weighted by atomic mass is 32.2. The number of rotatable bonds is 10. The Labute approximate surface area is 202 Å². The van der Waals surface area contributed by atoms with E-state index in [1.54, 1.807) is 7.11 Å². The fourth-order valence-electron chi connectivity index (χ4n) is 3.51. The molecule has 0 aliphatic carbocycles. The zero-order valence-electron chi connectivity index (χ0n) is 19.4. The summed E-state index contributed by atoms with van der Waals surface area (Å²) >= 11 is 1.33. The summed E-state index contributed by atoms with van der Waals surface area (Å²) in [4.78, 5) is 12.7. The molecular weight excluding hydrogens is 450 g/mol. The molecule has 0 bridgehead atoms. The number of hydrogen-bond donors (Lipinski definition) is 1. The van der Waals surface area contributed by atoms with Crippen LogP contribution in [0.25, 0.3) is 5.69 Å². The Morgan fingerprint density at radius 1 is 1.06 bits per heavy atom. The van der Waals surface area contributed by atoms with Gasteiger partial charge in [-0.15, -0.1) is 10.2 Å². The first kappa shape index (κ1) is 23.4. The number of para-hydroxylation sites is 2. The van der Waals surface area contributed by atoms with Crippen molar-refractivity contribution in [1.82, 2.24) is 19.3 Å². The summed E-state index contributed by atoms with van der Waals surface area (Å²) in [5.41, 5.74) is 2.67. The van der Waals surface area contributed by atoms with Gasteiger partial charge in [0.15, 0.2) is 5.16 Å². The van der Waals surface area contributed by atoms with Gasteiger partial charge in [0.05, 0.1) is 25.2 Å². The average molecular weight is 478 g/mol. The third-order valence-electron chi connectivity index (χ3n) is 5.21. The quantitative estimate of drug-likeness (QED) is 0.342. The van der Waals surface area contributed by atoms with E-state index in [1.165, 1.54) is 11.8 Å². The molecule has 2 aromatic heterocycles. The molecule has 1 amide bonds. The Bertz CT molecular complexity index is 1250. The molecule has 4 rings (SSSR count). The molecule has 1 N–H and O–H groups in total. The van der Waals surface area contributed by atoms with E-state index in [0.29, 0.717) is 29.6 Å². The Kier molecular flexibility index (Phi) is 7.54. The van der Waals surface area contributed by atoms with Crippen molar-refractivity contribution in [3.8, 4) is 17.2 Å². The van der Waals surface area contributed by atoms with Crippen molar-refractivity contribution in [2.75, 3.05) is 24.8 Å². The summed E-state index contributed by atoms with van der Waals surface area (Å²) in [7, 11) is 3.64. The standard InChI is InChI=1S/C25H27N5O3S/c1-4-33-22-10-6-5-9-21(22)26-24(31)17-34-25-28-27-23(16-19-8-7-15-29(19)2)30(25)18-11-13-20(32-3)14-12-18/h5-15H,4,16-17H2,1-3H3,(H,26,31). The molecule has 0 atom stereocenters. The Morgan fingerprint density at radius 2 is 1.85 bits per heavy atom. The van der Waals surface area contributed by atoms with Crippen LogP contribution in [0.4, 0.5) is 5.69 Å². The van der Waals surface area contributed by atoms with Crippen LogP contribution >= 0.6 is 11.8 Å². The minimum absolute atomic E-state index is 0.148. The van der Waals surface area contributed by atoms with E-state index in [4.69, 9.17) is 9.47 Å². The monoisotopic (exact) mass is 477 g/mol. The van der Waals surface area contributed by atoms with E-state index >= 15 is 0 Å². The number of hydrogen-bond acceptors (Lipinski definition) is 6. The Hall–Kier alpha value is -3.72. The molecule has 0 fully saturated rings. The number of carbonyl (C=O) groups excluding carboxylic acids is 1. The average Bonchev–Trinajstić information content (AvgIpc) is 3.45. The lowest BCUT2D eigenvalue weighted by Gasteiger charge is -2.12. The zero-order chi connectivity index (χ0) is 23.9. The van der Waals surface area contributed by atoms with Crippen molar-refractivity contribution < 1.29 is 14.3 Å². The van der Waals surface area contributed by atoms with Crippen molar-refractivity contribution in [3.05, 3.63) is 78.4 Å². The molecule has 0 aliphatic rings. The summed E-state index contributed by atoms with van der Waals surface area (Å²) in [6.45, 7) is 2.43. The van der Waals surface area contributed by atoms with E-state index < -0.39 is 0 Å². The topological polar surface area (TPSA) is 83.2 Å². The third kappa shape index (κ3) is 5.43. The Balaban J connectivity index is 1.55. The minimum Gasteiger partial charge on any atom is -0.497 e. The highest BCUT2D eigenvalue weighted by Crippen LogP contribution is 2.27. The molecule has 34 heavy (non-hydrogen) atoms. The highest BCUT2D eigenvalue weighted by Gasteiger charge is 2.18. The van der Waals surface area contributed by atoms with Crippen molar-refractivity contribution in [2.24, 2.45) is 7.05 Å². The van der Waals surface area contributed by atoms with Crippen LogP contribution in [0.15, 0.2) is 72.0 Å². The third-order valence-corrected chi connectivity index (χ3v) is 6.14. The summed E-state index contributed by atoms with van der Waals surface area (Å²) < 4.78 is 14.9. The van der Waals surface area contributed by atoms with Gasteiger partial charge in [-0.1, -0.05) is 23.9 Å². The molecule has 8 nitrogen and oxygen atoms in total. The molecule has 0 aliphatic heterocycles. The molecule has 0 spiro atoms. The molecule has 0 radical (unpaired) electrons. The molecular formula is C25H27N5O3S. The summed E-state index contributed by atoms with van der Waals surface area (Å²) in [6.07, 6.45) is 2.61. The van der Waals surface area contributed by atoms with Gasteiger partial charge >= 0.3 is 0 Å². The Morgan fingerprint density at radius 3 is 2.56 bits per heavy atom. The molecule has 0 saturated carbocycles. The number of nitrogens with one attached hydrogen (secondary N) is 1. The number of aryl methyl sites for hydroxylation is 1. The van der Waals surface area contributed by atoms with Gasteiger partial charge in [-0.05, 0) is 55.5 Å². The summed E-state index contributed by atoms with van der Waals surface area (Å²) in [5, 5.41) is 12.4. The van der Waals surface area contributed by atoms with Gasteiger partial charge in [-0.25, -0.2) is 0 Å². The molecule has 9 heteroatoms. The van der Waals surface area contributed by atoms with Gasteiger partial charge in [0.1, 0.15) is 17.3 Å². The number of amides is 1. The van der Waals surface area contributed by atoms with Crippen molar-refractivity contribution in [3.63, 3.8) is 0 Å². The van der Waals surface area contributed by atoms with Crippen LogP contribution < -0.4 is 14.8 Å². The first-order chi connectivity index (χ1) is 16.6. The maximum absolute atomic E-state index is 12.7. The number of anilines is 1. The van der Waals surface area contributed by atoms with Gasteiger partial charge in [-0.3, -0.25) is 9.36 Å². The number of carbonyl (C=O) groups is 1. The van der Waals surface area contributed by atoms with Crippen LogP contribution in [0.1, 0.15) is 18.4 Å². The fourth-order valence-corrected chi connectivity index (χ4v) is 4.28. The van der Waals surface area contributed by atoms with Gasteiger partial charge in [0.25, 0.3) is 0 Å². The van der Waals surface area contributed by atoms with Crippen LogP contribution in [0.3, 0.4) is 0 Å². The highest BCUT2D eigenvalue weighted by molar-refractivity contribution is 7.99. The van der Waals surface area contributed by atoms with E-state index in [1.807, 2.05) is 79.3 Å². The molecule has 2 heterocycles. The number of ether oxygens (including phenoxy) is 2.